The highest BCUT2D eigenvalue weighted by molar-refractivity contribution is 9.10. The first-order chi connectivity index (χ1) is 8.96. The number of benzene rings is 1. The van der Waals surface area contributed by atoms with Crippen molar-refractivity contribution in [3.8, 4) is 5.75 Å². The van der Waals surface area contributed by atoms with Crippen LogP contribution in [0.1, 0.15) is 18.4 Å². The van der Waals surface area contributed by atoms with Gasteiger partial charge in [-0.15, -0.1) is 0 Å². The summed E-state index contributed by atoms with van der Waals surface area (Å²) in [6.45, 7) is 3.54. The number of ether oxygens (including phenoxy) is 1. The van der Waals surface area contributed by atoms with E-state index in [4.69, 9.17) is 4.74 Å². The van der Waals surface area contributed by atoms with E-state index in [-0.39, 0.29) is 13.0 Å². The minimum Gasteiger partial charge on any atom is -0.491 e. The van der Waals surface area contributed by atoms with E-state index in [1.807, 2.05) is 25.1 Å². The molecule has 0 spiro atoms. The van der Waals surface area contributed by atoms with Crippen LogP contribution in [0, 0.1) is 6.92 Å². The molecule has 0 aliphatic carbocycles. The van der Waals surface area contributed by atoms with Crippen molar-refractivity contribution < 1.29 is 13.5 Å². The van der Waals surface area contributed by atoms with Crippen LogP contribution in [0.4, 0.5) is 8.78 Å². The van der Waals surface area contributed by atoms with Crippen LogP contribution in [0.15, 0.2) is 22.7 Å². The zero-order chi connectivity index (χ0) is 13.9. The van der Waals surface area contributed by atoms with E-state index < -0.39 is 5.92 Å². The zero-order valence-corrected chi connectivity index (χ0v) is 12.6. The van der Waals surface area contributed by atoms with Crippen LogP contribution in [0.3, 0.4) is 0 Å². The highest BCUT2D eigenvalue weighted by atomic mass is 79.9. The topological polar surface area (TPSA) is 12.5 Å². The van der Waals surface area contributed by atoms with Crippen LogP contribution < -0.4 is 4.74 Å². The molecule has 0 bridgehead atoms. The molecule has 0 unspecified atom stereocenters. The summed E-state index contributed by atoms with van der Waals surface area (Å²) in [5.74, 6) is -1.77. The molecule has 0 atom stereocenters. The Balaban J connectivity index is 1.81. The molecule has 0 radical (unpaired) electrons. The second kappa shape index (κ2) is 6.18. The first-order valence-electron chi connectivity index (χ1n) is 6.45. The summed E-state index contributed by atoms with van der Waals surface area (Å²) in [5, 5.41) is 0. The van der Waals surface area contributed by atoms with Crippen molar-refractivity contribution in [3.05, 3.63) is 28.2 Å². The molecule has 2 rings (SSSR count). The SMILES string of the molecule is Cc1ccc(Br)c(OCCN2CCCC(F)(F)C2)c1. The smallest absolute Gasteiger partial charge is 0.260 e. The molecular formula is C14H18BrF2NO. The molecule has 1 saturated heterocycles. The van der Waals surface area contributed by atoms with Crippen molar-refractivity contribution in [3.63, 3.8) is 0 Å². The summed E-state index contributed by atoms with van der Waals surface area (Å²) in [4.78, 5) is 1.77. The van der Waals surface area contributed by atoms with Crippen molar-refractivity contribution in [2.24, 2.45) is 0 Å². The Morgan fingerprint density at radius 2 is 2.21 bits per heavy atom. The van der Waals surface area contributed by atoms with Gasteiger partial charge in [-0.25, -0.2) is 8.78 Å². The summed E-state index contributed by atoms with van der Waals surface area (Å²) >= 11 is 3.42. The van der Waals surface area contributed by atoms with Gasteiger partial charge in [0.1, 0.15) is 12.4 Å². The van der Waals surface area contributed by atoms with Gasteiger partial charge in [0.25, 0.3) is 5.92 Å². The Hall–Kier alpha value is -0.680. The fourth-order valence-electron chi connectivity index (χ4n) is 2.24. The summed E-state index contributed by atoms with van der Waals surface area (Å²) in [6.07, 6.45) is 0.564. The van der Waals surface area contributed by atoms with E-state index in [2.05, 4.69) is 15.9 Å². The van der Waals surface area contributed by atoms with Crippen molar-refractivity contribution in [2.75, 3.05) is 26.2 Å². The molecule has 0 saturated carbocycles. The number of piperidine rings is 1. The molecular weight excluding hydrogens is 316 g/mol. The second-order valence-corrected chi connectivity index (χ2v) is 5.87. The van der Waals surface area contributed by atoms with Crippen molar-refractivity contribution in [1.29, 1.82) is 0 Å². The maximum atomic E-state index is 13.2. The monoisotopic (exact) mass is 333 g/mol. The fraction of sp³-hybridized carbons (Fsp3) is 0.571. The summed E-state index contributed by atoms with van der Waals surface area (Å²) < 4.78 is 33.0. The first kappa shape index (κ1) is 14.7. The van der Waals surface area contributed by atoms with Gasteiger partial charge in [0, 0.05) is 13.0 Å². The minimum absolute atomic E-state index is 0.00772. The molecule has 1 heterocycles. The van der Waals surface area contributed by atoms with Crippen LogP contribution in [0.25, 0.3) is 0 Å². The van der Waals surface area contributed by atoms with Gasteiger partial charge < -0.3 is 4.74 Å². The largest absolute Gasteiger partial charge is 0.491 e. The minimum atomic E-state index is -2.54. The van der Waals surface area contributed by atoms with Gasteiger partial charge in [-0.3, -0.25) is 4.90 Å². The van der Waals surface area contributed by atoms with E-state index in [0.29, 0.717) is 19.6 Å². The highest BCUT2D eigenvalue weighted by Crippen LogP contribution is 2.27. The van der Waals surface area contributed by atoms with Crippen LogP contribution >= 0.6 is 15.9 Å². The standard InChI is InChI=1S/C14H18BrF2NO/c1-11-3-4-12(15)13(9-11)19-8-7-18-6-2-5-14(16,17)10-18/h3-4,9H,2,5-8,10H2,1H3. The van der Waals surface area contributed by atoms with Gasteiger partial charge in [-0.05, 0) is 53.5 Å². The van der Waals surface area contributed by atoms with Crippen LogP contribution in [0.5, 0.6) is 5.75 Å². The zero-order valence-electron chi connectivity index (χ0n) is 11.0. The number of nitrogens with zero attached hydrogens (tertiary/aromatic N) is 1. The third kappa shape index (κ3) is 4.42. The molecule has 1 aromatic carbocycles. The Kier molecular flexibility index (Phi) is 4.79. The maximum absolute atomic E-state index is 13.2. The van der Waals surface area contributed by atoms with E-state index in [1.54, 1.807) is 4.90 Å². The number of rotatable bonds is 4. The predicted octanol–water partition coefficient (Wildman–Crippen LogP) is 3.87. The van der Waals surface area contributed by atoms with Crippen molar-refractivity contribution in [1.82, 2.24) is 4.90 Å². The predicted molar refractivity (Wildman–Crippen MR) is 75.0 cm³/mol. The van der Waals surface area contributed by atoms with Crippen molar-refractivity contribution >= 4 is 15.9 Å². The maximum Gasteiger partial charge on any atom is 0.260 e. The molecule has 0 aromatic heterocycles. The molecule has 1 aliphatic heterocycles. The van der Waals surface area contributed by atoms with Crippen LogP contribution in [-0.2, 0) is 0 Å². The van der Waals surface area contributed by atoms with Gasteiger partial charge in [-0.2, -0.15) is 0 Å². The lowest BCUT2D eigenvalue weighted by Gasteiger charge is -2.32. The van der Waals surface area contributed by atoms with E-state index in [1.165, 1.54) is 0 Å². The normalized spacial score (nSPS) is 19.4. The molecule has 19 heavy (non-hydrogen) atoms. The number of hydrogen-bond acceptors (Lipinski definition) is 2. The number of alkyl halides is 2. The van der Waals surface area contributed by atoms with Gasteiger partial charge in [-0.1, -0.05) is 6.07 Å². The van der Waals surface area contributed by atoms with Gasteiger partial charge >= 0.3 is 0 Å². The fourth-order valence-corrected chi connectivity index (χ4v) is 2.60. The Morgan fingerprint density at radius 3 is 2.95 bits per heavy atom. The quantitative estimate of drug-likeness (QED) is 0.829. The lowest BCUT2D eigenvalue weighted by atomic mass is 10.1. The average molecular weight is 334 g/mol. The first-order valence-corrected chi connectivity index (χ1v) is 7.25. The molecule has 1 aromatic rings. The molecule has 5 heteroatoms. The number of aryl methyl sites for hydroxylation is 1. The van der Waals surface area contributed by atoms with Crippen LogP contribution in [0.2, 0.25) is 0 Å². The van der Waals surface area contributed by atoms with E-state index >= 15 is 0 Å². The number of likely N-dealkylation sites (tertiary alicyclic amines) is 1. The second-order valence-electron chi connectivity index (χ2n) is 5.02. The Bertz CT molecular complexity index is 439. The Morgan fingerprint density at radius 1 is 1.42 bits per heavy atom. The third-order valence-electron chi connectivity index (χ3n) is 3.22. The molecule has 1 aliphatic rings. The molecule has 2 nitrogen and oxygen atoms in total. The third-order valence-corrected chi connectivity index (χ3v) is 3.88. The molecule has 1 fully saturated rings. The highest BCUT2D eigenvalue weighted by Gasteiger charge is 2.34. The molecule has 106 valence electrons. The van der Waals surface area contributed by atoms with E-state index in [0.717, 1.165) is 22.3 Å². The molecule has 0 N–H and O–H groups in total. The lowest BCUT2D eigenvalue weighted by molar-refractivity contribution is -0.0656. The molecule has 0 amide bonds. The summed E-state index contributed by atoms with van der Waals surface area (Å²) in [7, 11) is 0. The lowest BCUT2D eigenvalue weighted by Crippen LogP contribution is -2.44. The van der Waals surface area contributed by atoms with Gasteiger partial charge in [0.2, 0.25) is 0 Å². The average Bonchev–Trinajstić information content (AvgIpc) is 2.32. The van der Waals surface area contributed by atoms with Gasteiger partial charge in [0.05, 0.1) is 11.0 Å². The van der Waals surface area contributed by atoms with E-state index in [9.17, 15) is 8.78 Å². The number of hydrogen-bond donors (Lipinski definition) is 0. The Labute approximate surface area is 120 Å². The summed E-state index contributed by atoms with van der Waals surface area (Å²) in [5.41, 5.74) is 1.11. The van der Waals surface area contributed by atoms with Crippen LogP contribution in [-0.4, -0.2) is 37.1 Å². The number of halogens is 3. The van der Waals surface area contributed by atoms with Gasteiger partial charge in [0.15, 0.2) is 0 Å². The summed E-state index contributed by atoms with van der Waals surface area (Å²) in [6, 6.07) is 5.86. The van der Waals surface area contributed by atoms with Crippen molar-refractivity contribution in [2.45, 2.75) is 25.7 Å².